The number of fused-ring (bicyclic) bond motifs is 2. The normalized spacial score (nSPS) is 14.9. The van der Waals surface area contributed by atoms with E-state index >= 15 is 0 Å². The Morgan fingerprint density at radius 2 is 1.50 bits per heavy atom. The number of hydrogen-bond donors (Lipinski definition) is 1. The molecule has 9 nitrogen and oxygen atoms in total. The number of methoxy groups -OCH3 is 3. The van der Waals surface area contributed by atoms with Gasteiger partial charge in [0.25, 0.3) is 0 Å². The van der Waals surface area contributed by atoms with Gasteiger partial charge in [0.1, 0.15) is 0 Å². The zero-order chi connectivity index (χ0) is 25.4. The SMILES string of the molecule is COc1cc([C@@H]2CC(=O)c3c(C)nc(Nc4nc(C)c5ccccc5n4)nc3C2)cc(OC)c1OC. The maximum atomic E-state index is 13.2. The van der Waals surface area contributed by atoms with Crippen LogP contribution in [0.15, 0.2) is 36.4 Å². The number of carbonyl (C=O) groups excluding carboxylic acids is 1. The second kappa shape index (κ2) is 9.41. The minimum Gasteiger partial charge on any atom is -0.493 e. The number of ether oxygens (including phenoxy) is 3. The Morgan fingerprint density at radius 3 is 2.19 bits per heavy atom. The predicted molar refractivity (Wildman–Crippen MR) is 136 cm³/mol. The second-order valence-corrected chi connectivity index (χ2v) is 8.72. The summed E-state index contributed by atoms with van der Waals surface area (Å²) in [5.41, 5.74) is 4.52. The molecule has 0 aliphatic heterocycles. The van der Waals surface area contributed by atoms with E-state index in [0.717, 1.165) is 22.2 Å². The first kappa shape index (κ1) is 23.5. The Bertz CT molecular complexity index is 1460. The van der Waals surface area contributed by atoms with E-state index in [1.807, 2.05) is 50.2 Å². The second-order valence-electron chi connectivity index (χ2n) is 8.72. The van der Waals surface area contributed by atoms with Crippen molar-refractivity contribution in [2.75, 3.05) is 26.6 Å². The third kappa shape index (κ3) is 4.17. The summed E-state index contributed by atoms with van der Waals surface area (Å²) < 4.78 is 16.5. The number of nitrogens with zero attached hydrogens (tertiary/aromatic N) is 4. The lowest BCUT2D eigenvalue weighted by Gasteiger charge is -2.25. The molecule has 2 aromatic heterocycles. The van der Waals surface area contributed by atoms with E-state index < -0.39 is 0 Å². The van der Waals surface area contributed by atoms with E-state index in [2.05, 4.69) is 20.3 Å². The molecule has 0 radical (unpaired) electrons. The van der Waals surface area contributed by atoms with Crippen molar-refractivity contribution in [1.82, 2.24) is 19.9 Å². The molecule has 1 N–H and O–H groups in total. The van der Waals surface area contributed by atoms with Gasteiger partial charge < -0.3 is 14.2 Å². The fourth-order valence-corrected chi connectivity index (χ4v) is 4.79. The molecule has 1 aliphatic rings. The van der Waals surface area contributed by atoms with Crippen LogP contribution in [0.5, 0.6) is 17.2 Å². The molecular formula is C27H27N5O4. The molecule has 1 aliphatic carbocycles. The molecule has 9 heteroatoms. The van der Waals surface area contributed by atoms with Gasteiger partial charge in [-0.2, -0.15) is 0 Å². The first-order valence-corrected chi connectivity index (χ1v) is 11.6. The number of benzene rings is 2. The Kier molecular flexibility index (Phi) is 6.13. The maximum Gasteiger partial charge on any atom is 0.230 e. The molecule has 0 spiro atoms. The predicted octanol–water partition coefficient (Wildman–Crippen LogP) is 4.72. The van der Waals surface area contributed by atoms with E-state index in [1.54, 1.807) is 21.3 Å². The standard InChI is InChI=1S/C27H27N5O4/c1-14-18-8-6-7-9-19(18)30-26(28-14)32-27-29-15(2)24-20(31-27)10-16(11-21(24)33)17-12-22(34-3)25(36-5)23(13-17)35-4/h6-9,12-13,16H,10-11H2,1-5H3,(H,28,29,30,31,32)/t16-/m0/s1. The number of para-hydroxylation sites is 1. The molecule has 184 valence electrons. The third-order valence-corrected chi connectivity index (χ3v) is 6.49. The van der Waals surface area contributed by atoms with Crippen LogP contribution >= 0.6 is 0 Å². The number of aromatic nitrogens is 4. The fraction of sp³-hybridized carbons (Fsp3) is 0.296. The quantitative estimate of drug-likeness (QED) is 0.415. The lowest BCUT2D eigenvalue weighted by atomic mass is 9.81. The van der Waals surface area contributed by atoms with Gasteiger partial charge in [0.15, 0.2) is 17.3 Å². The number of Topliss-reactive ketones (excluding diaryl/α,β-unsaturated/α-hetero) is 1. The summed E-state index contributed by atoms with van der Waals surface area (Å²) in [6.45, 7) is 3.77. The van der Waals surface area contributed by atoms with E-state index in [0.29, 0.717) is 58.9 Å². The third-order valence-electron chi connectivity index (χ3n) is 6.49. The number of anilines is 2. The molecule has 2 aromatic carbocycles. The van der Waals surface area contributed by atoms with Gasteiger partial charge in [-0.15, -0.1) is 0 Å². The highest BCUT2D eigenvalue weighted by molar-refractivity contribution is 6.00. The summed E-state index contributed by atoms with van der Waals surface area (Å²) in [6, 6.07) is 11.6. The number of nitrogens with one attached hydrogen (secondary N) is 1. The molecule has 36 heavy (non-hydrogen) atoms. The Balaban J connectivity index is 1.49. The van der Waals surface area contributed by atoms with E-state index in [1.165, 1.54) is 0 Å². The highest BCUT2D eigenvalue weighted by Crippen LogP contribution is 2.43. The molecule has 0 unspecified atom stereocenters. The van der Waals surface area contributed by atoms with Crippen molar-refractivity contribution in [3.8, 4) is 17.2 Å². The fourth-order valence-electron chi connectivity index (χ4n) is 4.79. The molecule has 0 fully saturated rings. The van der Waals surface area contributed by atoms with Crippen molar-refractivity contribution in [2.45, 2.75) is 32.6 Å². The lowest BCUT2D eigenvalue weighted by molar-refractivity contribution is 0.0962. The molecule has 2 heterocycles. The number of aryl methyl sites for hydroxylation is 2. The van der Waals surface area contributed by atoms with E-state index in [9.17, 15) is 4.79 Å². The van der Waals surface area contributed by atoms with Gasteiger partial charge in [0.05, 0.1) is 49.5 Å². The van der Waals surface area contributed by atoms with Gasteiger partial charge in [0, 0.05) is 11.8 Å². The molecule has 1 atom stereocenters. The van der Waals surface area contributed by atoms with Gasteiger partial charge in [-0.1, -0.05) is 18.2 Å². The molecule has 0 bridgehead atoms. The van der Waals surface area contributed by atoms with Gasteiger partial charge in [0.2, 0.25) is 17.6 Å². The van der Waals surface area contributed by atoms with Gasteiger partial charge >= 0.3 is 0 Å². The molecule has 5 rings (SSSR count). The van der Waals surface area contributed by atoms with Crippen LogP contribution in [0.25, 0.3) is 10.9 Å². The molecule has 4 aromatic rings. The van der Waals surface area contributed by atoms with Crippen molar-refractivity contribution in [1.29, 1.82) is 0 Å². The van der Waals surface area contributed by atoms with Crippen molar-refractivity contribution < 1.29 is 19.0 Å². The molecule has 0 saturated heterocycles. The van der Waals surface area contributed by atoms with Gasteiger partial charge in [-0.25, -0.2) is 19.9 Å². The highest BCUT2D eigenvalue weighted by atomic mass is 16.5. The lowest BCUT2D eigenvalue weighted by Crippen LogP contribution is -2.23. The summed E-state index contributed by atoms with van der Waals surface area (Å²) in [7, 11) is 4.72. The van der Waals surface area contributed by atoms with Crippen LogP contribution in [-0.2, 0) is 6.42 Å². The van der Waals surface area contributed by atoms with Crippen LogP contribution in [0, 0.1) is 13.8 Å². The summed E-state index contributed by atoms with van der Waals surface area (Å²) in [5, 5.41) is 4.13. The van der Waals surface area contributed by atoms with E-state index in [-0.39, 0.29) is 11.7 Å². The van der Waals surface area contributed by atoms with Gasteiger partial charge in [-0.3, -0.25) is 10.1 Å². The van der Waals surface area contributed by atoms with Gasteiger partial charge in [-0.05, 0) is 49.9 Å². The monoisotopic (exact) mass is 485 g/mol. The van der Waals surface area contributed by atoms with Crippen molar-refractivity contribution >= 4 is 28.6 Å². The molecule has 0 saturated carbocycles. The average molecular weight is 486 g/mol. The first-order valence-electron chi connectivity index (χ1n) is 11.6. The van der Waals surface area contributed by atoms with Crippen LogP contribution in [0.1, 0.15) is 45.3 Å². The number of hydrogen-bond acceptors (Lipinski definition) is 9. The summed E-state index contributed by atoms with van der Waals surface area (Å²) in [5.74, 6) is 2.30. The zero-order valence-corrected chi connectivity index (χ0v) is 20.9. The Morgan fingerprint density at radius 1 is 0.833 bits per heavy atom. The van der Waals surface area contributed by atoms with Crippen LogP contribution in [-0.4, -0.2) is 47.0 Å². The molecular weight excluding hydrogens is 458 g/mol. The van der Waals surface area contributed by atoms with Crippen molar-refractivity contribution in [3.63, 3.8) is 0 Å². The van der Waals surface area contributed by atoms with Crippen molar-refractivity contribution in [2.24, 2.45) is 0 Å². The number of rotatable bonds is 6. The van der Waals surface area contributed by atoms with Crippen molar-refractivity contribution in [3.05, 3.63) is 64.6 Å². The minimum atomic E-state index is -0.0972. The smallest absolute Gasteiger partial charge is 0.230 e. The van der Waals surface area contributed by atoms with Crippen LogP contribution in [0.3, 0.4) is 0 Å². The summed E-state index contributed by atoms with van der Waals surface area (Å²) in [4.78, 5) is 31.6. The highest BCUT2D eigenvalue weighted by Gasteiger charge is 2.31. The first-order chi connectivity index (χ1) is 17.4. The molecule has 0 amide bonds. The zero-order valence-electron chi connectivity index (χ0n) is 20.9. The Labute approximate surface area is 208 Å². The minimum absolute atomic E-state index is 0.0110. The van der Waals surface area contributed by atoms with Crippen LogP contribution < -0.4 is 19.5 Å². The van der Waals surface area contributed by atoms with Crippen LogP contribution in [0.4, 0.5) is 11.9 Å². The number of carbonyl (C=O) groups is 1. The largest absolute Gasteiger partial charge is 0.493 e. The summed E-state index contributed by atoms with van der Waals surface area (Å²) >= 11 is 0. The maximum absolute atomic E-state index is 13.2. The summed E-state index contributed by atoms with van der Waals surface area (Å²) in [6.07, 6.45) is 0.908. The van der Waals surface area contributed by atoms with E-state index in [4.69, 9.17) is 19.2 Å². The Hall–Kier alpha value is -4.27. The topological polar surface area (TPSA) is 108 Å². The average Bonchev–Trinajstić information content (AvgIpc) is 2.87. The van der Waals surface area contributed by atoms with Crippen LogP contribution in [0.2, 0.25) is 0 Å². The number of ketones is 1.